The van der Waals surface area contributed by atoms with Crippen molar-refractivity contribution in [2.24, 2.45) is 5.92 Å². The van der Waals surface area contributed by atoms with Crippen LogP contribution in [0.1, 0.15) is 29.8 Å². The van der Waals surface area contributed by atoms with Crippen molar-refractivity contribution < 1.29 is 14.8 Å². The van der Waals surface area contributed by atoms with Crippen LogP contribution in [-0.2, 0) is 0 Å². The minimum Gasteiger partial charge on any atom is -0.394 e. The van der Waals surface area contributed by atoms with E-state index in [1.807, 2.05) is 13.8 Å². The van der Waals surface area contributed by atoms with E-state index >= 15 is 0 Å². The molecule has 6 heteroatoms. The predicted octanol–water partition coefficient (Wildman–Crippen LogP) is 1.65. The van der Waals surface area contributed by atoms with Gasteiger partial charge in [-0.2, -0.15) is 0 Å². The molecular weight excluding hydrogens is 248 g/mol. The Hall–Kier alpha value is -1.95. The summed E-state index contributed by atoms with van der Waals surface area (Å²) in [6, 6.07) is 4.00. The first-order chi connectivity index (χ1) is 8.88. The highest BCUT2D eigenvalue weighted by atomic mass is 16.6. The lowest BCUT2D eigenvalue weighted by molar-refractivity contribution is -0.385. The van der Waals surface area contributed by atoms with E-state index in [0.29, 0.717) is 5.56 Å². The average Bonchev–Trinajstić information content (AvgIpc) is 2.35. The van der Waals surface area contributed by atoms with Crippen molar-refractivity contribution in [1.82, 2.24) is 5.32 Å². The molecule has 2 N–H and O–H groups in total. The van der Waals surface area contributed by atoms with E-state index < -0.39 is 10.8 Å². The molecule has 1 amide bonds. The molecule has 0 spiro atoms. The Bertz CT molecular complexity index is 486. The zero-order chi connectivity index (χ0) is 14.6. The molecule has 0 saturated carbocycles. The van der Waals surface area contributed by atoms with Gasteiger partial charge in [0, 0.05) is 17.2 Å². The van der Waals surface area contributed by atoms with Crippen LogP contribution in [0.3, 0.4) is 0 Å². The quantitative estimate of drug-likeness (QED) is 0.626. The molecule has 1 aromatic rings. The first-order valence-electron chi connectivity index (χ1n) is 6.04. The van der Waals surface area contributed by atoms with Crippen LogP contribution in [0.2, 0.25) is 0 Å². The van der Waals surface area contributed by atoms with Crippen molar-refractivity contribution in [2.45, 2.75) is 26.8 Å². The van der Waals surface area contributed by atoms with Gasteiger partial charge in [0.05, 0.1) is 17.6 Å². The van der Waals surface area contributed by atoms with Crippen LogP contribution in [0.5, 0.6) is 0 Å². The van der Waals surface area contributed by atoms with Crippen molar-refractivity contribution in [3.8, 4) is 0 Å². The lowest BCUT2D eigenvalue weighted by Crippen LogP contribution is -2.41. The highest BCUT2D eigenvalue weighted by Crippen LogP contribution is 2.21. The lowest BCUT2D eigenvalue weighted by atomic mass is 10.0. The molecule has 19 heavy (non-hydrogen) atoms. The molecule has 0 aliphatic carbocycles. The van der Waals surface area contributed by atoms with E-state index in [2.05, 4.69) is 5.32 Å². The zero-order valence-electron chi connectivity index (χ0n) is 11.2. The number of nitro groups is 1. The molecule has 0 aromatic heterocycles. The molecule has 1 atom stereocenters. The van der Waals surface area contributed by atoms with Crippen molar-refractivity contribution >= 4 is 11.6 Å². The number of nitrogens with zero attached hydrogens (tertiary/aromatic N) is 1. The monoisotopic (exact) mass is 266 g/mol. The molecule has 1 rings (SSSR count). The third-order valence-corrected chi connectivity index (χ3v) is 3.06. The highest BCUT2D eigenvalue weighted by Gasteiger charge is 2.21. The molecule has 0 aliphatic rings. The zero-order valence-corrected chi connectivity index (χ0v) is 11.2. The fraction of sp³-hybridized carbons (Fsp3) is 0.462. The minimum atomic E-state index is -0.516. The lowest BCUT2D eigenvalue weighted by Gasteiger charge is -2.20. The van der Waals surface area contributed by atoms with Gasteiger partial charge in [0.25, 0.3) is 11.6 Å². The Labute approximate surface area is 111 Å². The minimum absolute atomic E-state index is 0.0768. The first-order valence-corrected chi connectivity index (χ1v) is 6.04. The number of rotatable bonds is 5. The summed E-state index contributed by atoms with van der Waals surface area (Å²) in [5, 5.41) is 22.7. The molecule has 1 aromatic carbocycles. The van der Waals surface area contributed by atoms with Gasteiger partial charge in [-0.25, -0.2) is 0 Å². The maximum absolute atomic E-state index is 12.1. The Balaban J connectivity index is 3.00. The Morgan fingerprint density at radius 1 is 1.47 bits per heavy atom. The van der Waals surface area contributed by atoms with Crippen molar-refractivity contribution in [3.63, 3.8) is 0 Å². The van der Waals surface area contributed by atoms with Gasteiger partial charge < -0.3 is 10.4 Å². The molecule has 0 aliphatic heterocycles. The predicted molar refractivity (Wildman–Crippen MR) is 71.0 cm³/mol. The Morgan fingerprint density at radius 2 is 2.11 bits per heavy atom. The smallest absolute Gasteiger partial charge is 0.273 e. The molecule has 6 nitrogen and oxygen atoms in total. The van der Waals surface area contributed by atoms with E-state index in [9.17, 15) is 20.0 Å². The largest absolute Gasteiger partial charge is 0.394 e. The molecule has 0 unspecified atom stereocenters. The second-order valence-electron chi connectivity index (χ2n) is 4.71. The maximum atomic E-state index is 12.1. The highest BCUT2D eigenvalue weighted by molar-refractivity contribution is 5.96. The van der Waals surface area contributed by atoms with Crippen molar-refractivity contribution in [2.75, 3.05) is 6.61 Å². The van der Waals surface area contributed by atoms with Crippen molar-refractivity contribution in [3.05, 3.63) is 39.4 Å². The number of nitrogens with one attached hydrogen (secondary N) is 1. The number of benzene rings is 1. The van der Waals surface area contributed by atoms with E-state index in [1.165, 1.54) is 25.1 Å². The molecule has 0 bridgehead atoms. The Morgan fingerprint density at radius 3 is 2.58 bits per heavy atom. The molecule has 0 heterocycles. The van der Waals surface area contributed by atoms with E-state index in [4.69, 9.17) is 0 Å². The van der Waals surface area contributed by atoms with Gasteiger partial charge in [-0.3, -0.25) is 14.9 Å². The number of aliphatic hydroxyl groups is 1. The van der Waals surface area contributed by atoms with E-state index in [1.54, 1.807) is 0 Å². The van der Waals surface area contributed by atoms with Gasteiger partial charge in [-0.05, 0) is 18.9 Å². The second kappa shape index (κ2) is 6.29. The Kier molecular flexibility index (Phi) is 5.00. The SMILES string of the molecule is Cc1c(C(=O)N[C@H](CO)C(C)C)cccc1[N+](=O)[O-]. The van der Waals surface area contributed by atoms with Gasteiger partial charge >= 0.3 is 0 Å². The van der Waals surface area contributed by atoms with Crippen LogP contribution in [0.4, 0.5) is 5.69 Å². The summed E-state index contributed by atoms with van der Waals surface area (Å²) in [6.45, 7) is 5.12. The average molecular weight is 266 g/mol. The third-order valence-electron chi connectivity index (χ3n) is 3.06. The summed E-state index contributed by atoms with van der Waals surface area (Å²) < 4.78 is 0. The summed E-state index contributed by atoms with van der Waals surface area (Å²) in [6.07, 6.45) is 0. The fourth-order valence-corrected chi connectivity index (χ4v) is 1.74. The summed E-state index contributed by atoms with van der Waals surface area (Å²) in [4.78, 5) is 22.4. The fourth-order valence-electron chi connectivity index (χ4n) is 1.74. The third kappa shape index (κ3) is 3.51. The number of hydrogen-bond donors (Lipinski definition) is 2. The number of aliphatic hydroxyl groups excluding tert-OH is 1. The number of amides is 1. The van der Waals surface area contributed by atoms with Crippen LogP contribution in [0.25, 0.3) is 0 Å². The first kappa shape index (κ1) is 15.1. The van der Waals surface area contributed by atoms with Gasteiger partial charge in [-0.15, -0.1) is 0 Å². The number of carbonyl (C=O) groups is 1. The summed E-state index contributed by atoms with van der Waals surface area (Å²) in [7, 11) is 0. The molecule has 0 saturated heterocycles. The number of nitro benzene ring substituents is 1. The normalized spacial score (nSPS) is 12.3. The van der Waals surface area contributed by atoms with Crippen molar-refractivity contribution in [1.29, 1.82) is 0 Å². The van der Waals surface area contributed by atoms with Crippen LogP contribution in [0.15, 0.2) is 18.2 Å². The molecular formula is C13H18N2O4. The van der Waals surface area contributed by atoms with Gasteiger partial charge in [-0.1, -0.05) is 19.9 Å². The van der Waals surface area contributed by atoms with Crippen LogP contribution >= 0.6 is 0 Å². The standard InChI is InChI=1S/C13H18N2O4/c1-8(2)11(7-16)14-13(17)10-5-4-6-12(9(10)3)15(18)19/h4-6,8,11,16H,7H2,1-3H3,(H,14,17)/t11-/m1/s1. The van der Waals surface area contributed by atoms with E-state index in [-0.39, 0.29) is 29.8 Å². The van der Waals surface area contributed by atoms with Crippen LogP contribution < -0.4 is 5.32 Å². The van der Waals surface area contributed by atoms with Crippen LogP contribution in [0, 0.1) is 23.0 Å². The van der Waals surface area contributed by atoms with Gasteiger partial charge in [0.1, 0.15) is 0 Å². The molecule has 104 valence electrons. The topological polar surface area (TPSA) is 92.5 Å². The second-order valence-corrected chi connectivity index (χ2v) is 4.71. The van der Waals surface area contributed by atoms with Crippen LogP contribution in [-0.4, -0.2) is 28.6 Å². The van der Waals surface area contributed by atoms with Gasteiger partial charge in [0.2, 0.25) is 0 Å². The molecule has 0 radical (unpaired) electrons. The van der Waals surface area contributed by atoms with Gasteiger partial charge in [0.15, 0.2) is 0 Å². The summed E-state index contributed by atoms with van der Waals surface area (Å²) >= 11 is 0. The maximum Gasteiger partial charge on any atom is 0.273 e. The molecule has 0 fully saturated rings. The summed E-state index contributed by atoms with van der Waals surface area (Å²) in [5.41, 5.74) is 0.497. The number of carbonyl (C=O) groups excluding carboxylic acids is 1. The summed E-state index contributed by atoms with van der Waals surface area (Å²) in [5.74, 6) is -0.332. The number of hydrogen-bond acceptors (Lipinski definition) is 4. The van der Waals surface area contributed by atoms with E-state index in [0.717, 1.165) is 0 Å².